The van der Waals surface area contributed by atoms with Crippen molar-refractivity contribution in [1.82, 2.24) is 0 Å². The highest BCUT2D eigenvalue weighted by Gasteiger charge is 2.11. The summed E-state index contributed by atoms with van der Waals surface area (Å²) in [6.07, 6.45) is 0. The fourth-order valence-electron chi connectivity index (χ4n) is 1.19. The molecule has 0 radical (unpaired) electrons. The monoisotopic (exact) mass is 209 g/mol. The van der Waals surface area contributed by atoms with Crippen LogP contribution in [-0.4, -0.2) is 22.1 Å². The number of carbonyl (C=O) groups is 2. The maximum absolute atomic E-state index is 10.8. The third-order valence-corrected chi connectivity index (χ3v) is 1.86. The van der Waals surface area contributed by atoms with Gasteiger partial charge in [-0.15, -0.1) is 0 Å². The van der Waals surface area contributed by atoms with Gasteiger partial charge in [0.05, 0.1) is 11.3 Å². The van der Waals surface area contributed by atoms with E-state index in [0.717, 1.165) is 0 Å². The number of benzene rings is 1. The first-order chi connectivity index (χ1) is 6.91. The third-order valence-electron chi connectivity index (χ3n) is 1.86. The molecule has 5 heteroatoms. The molecule has 0 spiro atoms. The second-order valence-electron chi connectivity index (χ2n) is 3.18. The standard InChI is InChI=1S/C10H11NO4/c1-5-3-7(10(14)15)4-8(9(5)13)11-6(2)12/h3-4,13H,1-2H3,(H,11,12)(H,14,15). The van der Waals surface area contributed by atoms with Crippen LogP contribution < -0.4 is 5.32 Å². The zero-order chi connectivity index (χ0) is 11.6. The van der Waals surface area contributed by atoms with E-state index < -0.39 is 5.97 Å². The highest BCUT2D eigenvalue weighted by molar-refractivity contribution is 5.95. The molecule has 1 rings (SSSR count). The molecule has 0 aliphatic heterocycles. The molecule has 0 saturated carbocycles. The van der Waals surface area contributed by atoms with E-state index in [0.29, 0.717) is 5.56 Å². The topological polar surface area (TPSA) is 86.6 Å². The molecule has 0 bridgehead atoms. The molecule has 0 aliphatic rings. The molecule has 80 valence electrons. The number of anilines is 1. The maximum atomic E-state index is 10.8. The van der Waals surface area contributed by atoms with Crippen molar-refractivity contribution in [3.63, 3.8) is 0 Å². The summed E-state index contributed by atoms with van der Waals surface area (Å²) in [6.45, 7) is 2.84. The van der Waals surface area contributed by atoms with Crippen molar-refractivity contribution in [2.75, 3.05) is 5.32 Å². The predicted octanol–water partition coefficient (Wildman–Crippen LogP) is 1.36. The van der Waals surface area contributed by atoms with E-state index in [1.54, 1.807) is 6.92 Å². The van der Waals surface area contributed by atoms with Crippen LogP contribution in [0.5, 0.6) is 5.75 Å². The van der Waals surface area contributed by atoms with Crippen LogP contribution >= 0.6 is 0 Å². The van der Waals surface area contributed by atoms with Crippen molar-refractivity contribution in [3.8, 4) is 5.75 Å². The van der Waals surface area contributed by atoms with Crippen LogP contribution in [0.25, 0.3) is 0 Å². The van der Waals surface area contributed by atoms with Gasteiger partial charge in [-0.25, -0.2) is 4.79 Å². The zero-order valence-electron chi connectivity index (χ0n) is 8.37. The molecule has 0 aromatic heterocycles. The molecule has 1 aromatic carbocycles. The van der Waals surface area contributed by atoms with Gasteiger partial charge in [0.2, 0.25) is 5.91 Å². The highest BCUT2D eigenvalue weighted by Crippen LogP contribution is 2.28. The summed E-state index contributed by atoms with van der Waals surface area (Å²) < 4.78 is 0. The number of aromatic carboxylic acids is 1. The molecule has 1 amide bonds. The summed E-state index contributed by atoms with van der Waals surface area (Å²) in [6, 6.07) is 2.55. The third kappa shape index (κ3) is 2.46. The van der Waals surface area contributed by atoms with Crippen LogP contribution in [0, 0.1) is 6.92 Å². The number of hydrogen-bond donors (Lipinski definition) is 3. The van der Waals surface area contributed by atoms with Gasteiger partial charge in [0, 0.05) is 6.92 Å². The quantitative estimate of drug-likeness (QED) is 0.642. The van der Waals surface area contributed by atoms with Gasteiger partial charge in [0.1, 0.15) is 5.75 Å². The number of phenolic OH excluding ortho intramolecular Hbond substituents is 1. The van der Waals surface area contributed by atoms with Crippen LogP contribution in [0.15, 0.2) is 12.1 Å². The number of rotatable bonds is 2. The largest absolute Gasteiger partial charge is 0.505 e. The van der Waals surface area contributed by atoms with Gasteiger partial charge in [0.25, 0.3) is 0 Å². The van der Waals surface area contributed by atoms with Crippen LogP contribution in [0.3, 0.4) is 0 Å². The van der Waals surface area contributed by atoms with E-state index in [1.807, 2.05) is 0 Å². The molecule has 15 heavy (non-hydrogen) atoms. The van der Waals surface area contributed by atoms with Crippen LogP contribution in [0.2, 0.25) is 0 Å². The molecule has 0 aliphatic carbocycles. The molecule has 5 nitrogen and oxygen atoms in total. The minimum Gasteiger partial charge on any atom is -0.505 e. The summed E-state index contributed by atoms with van der Waals surface area (Å²) >= 11 is 0. The van der Waals surface area contributed by atoms with Crippen molar-refractivity contribution < 1.29 is 19.8 Å². The normalized spacial score (nSPS) is 9.73. The zero-order valence-corrected chi connectivity index (χ0v) is 8.37. The molecule has 0 unspecified atom stereocenters. The number of aromatic hydroxyl groups is 1. The van der Waals surface area contributed by atoms with Gasteiger partial charge in [-0.1, -0.05) is 0 Å². The van der Waals surface area contributed by atoms with Gasteiger partial charge < -0.3 is 15.5 Å². The van der Waals surface area contributed by atoms with Crippen molar-refractivity contribution in [2.24, 2.45) is 0 Å². The smallest absolute Gasteiger partial charge is 0.335 e. The molecule has 0 heterocycles. The lowest BCUT2D eigenvalue weighted by molar-refractivity contribution is -0.114. The first kappa shape index (κ1) is 11.0. The molecule has 1 aromatic rings. The van der Waals surface area contributed by atoms with E-state index in [9.17, 15) is 14.7 Å². The molecule has 0 saturated heterocycles. The van der Waals surface area contributed by atoms with Crippen LogP contribution in [-0.2, 0) is 4.79 Å². The first-order valence-corrected chi connectivity index (χ1v) is 4.26. The Morgan fingerprint density at radius 3 is 2.40 bits per heavy atom. The summed E-state index contributed by atoms with van der Waals surface area (Å²) in [5, 5.41) is 20.7. The van der Waals surface area contributed by atoms with Crippen molar-refractivity contribution in [2.45, 2.75) is 13.8 Å². The molecular weight excluding hydrogens is 198 g/mol. The second-order valence-corrected chi connectivity index (χ2v) is 3.18. The van der Waals surface area contributed by atoms with E-state index in [1.165, 1.54) is 19.1 Å². The maximum Gasteiger partial charge on any atom is 0.335 e. The number of hydrogen-bond acceptors (Lipinski definition) is 3. The molecular formula is C10H11NO4. The lowest BCUT2D eigenvalue weighted by Crippen LogP contribution is -2.08. The van der Waals surface area contributed by atoms with Crippen LogP contribution in [0.1, 0.15) is 22.8 Å². The number of carbonyl (C=O) groups excluding carboxylic acids is 1. The van der Waals surface area contributed by atoms with Crippen molar-refractivity contribution >= 4 is 17.6 Å². The molecule has 0 atom stereocenters. The number of phenols is 1. The SMILES string of the molecule is CC(=O)Nc1cc(C(=O)O)cc(C)c1O. The van der Waals surface area contributed by atoms with Gasteiger partial charge in [0.15, 0.2) is 0 Å². The minimum absolute atomic E-state index is 0.0223. The van der Waals surface area contributed by atoms with Crippen molar-refractivity contribution in [1.29, 1.82) is 0 Å². The van der Waals surface area contributed by atoms with E-state index >= 15 is 0 Å². The Balaban J connectivity index is 3.24. The Labute approximate surface area is 86.4 Å². The molecule has 0 fully saturated rings. The Hall–Kier alpha value is -2.04. The average Bonchev–Trinajstić information content (AvgIpc) is 2.11. The Morgan fingerprint density at radius 2 is 1.93 bits per heavy atom. The fraction of sp³-hybridized carbons (Fsp3) is 0.200. The number of aryl methyl sites for hydroxylation is 1. The summed E-state index contributed by atoms with van der Waals surface area (Å²) in [5.74, 6) is -1.59. The second kappa shape index (κ2) is 4.00. The van der Waals surface area contributed by atoms with E-state index in [-0.39, 0.29) is 22.9 Å². The van der Waals surface area contributed by atoms with Gasteiger partial charge in [-0.3, -0.25) is 4.79 Å². The summed E-state index contributed by atoms with van der Waals surface area (Å²) in [7, 11) is 0. The van der Waals surface area contributed by atoms with E-state index in [2.05, 4.69) is 5.32 Å². The van der Waals surface area contributed by atoms with E-state index in [4.69, 9.17) is 5.11 Å². The van der Waals surface area contributed by atoms with Crippen molar-refractivity contribution in [3.05, 3.63) is 23.3 Å². The first-order valence-electron chi connectivity index (χ1n) is 4.26. The number of amides is 1. The Bertz CT molecular complexity index is 426. The summed E-state index contributed by atoms with van der Waals surface area (Å²) in [4.78, 5) is 21.5. The van der Waals surface area contributed by atoms with Gasteiger partial charge in [-0.05, 0) is 24.6 Å². The average molecular weight is 209 g/mol. The Morgan fingerprint density at radius 1 is 1.33 bits per heavy atom. The molecule has 3 N–H and O–H groups in total. The summed E-state index contributed by atoms with van der Waals surface area (Å²) in [5.41, 5.74) is 0.535. The van der Waals surface area contributed by atoms with Gasteiger partial charge >= 0.3 is 5.97 Å². The lowest BCUT2D eigenvalue weighted by atomic mass is 10.1. The van der Waals surface area contributed by atoms with Gasteiger partial charge in [-0.2, -0.15) is 0 Å². The van der Waals surface area contributed by atoms with Crippen LogP contribution in [0.4, 0.5) is 5.69 Å². The lowest BCUT2D eigenvalue weighted by Gasteiger charge is -2.08. The number of nitrogens with one attached hydrogen (secondary N) is 1. The Kier molecular flexibility index (Phi) is 2.94. The number of carboxylic acid groups (broad SMARTS) is 1. The predicted molar refractivity (Wildman–Crippen MR) is 54.1 cm³/mol. The minimum atomic E-state index is -1.11. The number of carboxylic acids is 1. The highest BCUT2D eigenvalue weighted by atomic mass is 16.4. The fourth-order valence-corrected chi connectivity index (χ4v) is 1.19.